The van der Waals surface area contributed by atoms with E-state index >= 15 is 0 Å². The normalized spacial score (nSPS) is 18.5. The Morgan fingerprint density at radius 1 is 1.03 bits per heavy atom. The Labute approximate surface area is 185 Å². The molecule has 2 heterocycles. The zero-order valence-corrected chi connectivity index (χ0v) is 18.4. The van der Waals surface area contributed by atoms with Crippen LogP contribution in [-0.4, -0.2) is 27.1 Å². The molecule has 0 radical (unpaired) electrons. The number of hydrogen-bond acceptors (Lipinski definition) is 4. The standard InChI is InChI=1S/C23H21Cl2N3O2/c1-23(2,3)30-22(29)19-20(14-7-5-4-6-8-14)27-18-11-12-26-28(18)21(19)15-9-10-16(24)17(25)13-15/h4-13,19,21H,1-3H3. The van der Waals surface area contributed by atoms with Crippen LogP contribution >= 0.6 is 23.2 Å². The minimum atomic E-state index is -0.712. The zero-order valence-electron chi connectivity index (χ0n) is 16.8. The molecule has 7 heteroatoms. The van der Waals surface area contributed by atoms with Crippen LogP contribution in [0.25, 0.3) is 0 Å². The minimum absolute atomic E-state index is 0.373. The number of nitrogens with zero attached hydrogens (tertiary/aromatic N) is 3. The van der Waals surface area contributed by atoms with Crippen molar-refractivity contribution in [3.63, 3.8) is 0 Å². The number of carbonyl (C=O) groups excluding carboxylic acids is 1. The maximum absolute atomic E-state index is 13.5. The molecule has 5 nitrogen and oxygen atoms in total. The van der Waals surface area contributed by atoms with Gasteiger partial charge in [0.05, 0.1) is 28.0 Å². The van der Waals surface area contributed by atoms with Crippen LogP contribution < -0.4 is 0 Å². The third kappa shape index (κ3) is 4.00. The minimum Gasteiger partial charge on any atom is -0.459 e. The van der Waals surface area contributed by atoms with E-state index in [2.05, 4.69) is 5.10 Å². The second kappa shape index (κ2) is 7.89. The van der Waals surface area contributed by atoms with E-state index in [1.165, 1.54) is 0 Å². The largest absolute Gasteiger partial charge is 0.459 e. The molecule has 2 unspecified atom stereocenters. The summed E-state index contributed by atoms with van der Waals surface area (Å²) < 4.78 is 7.54. The molecule has 154 valence electrons. The molecule has 30 heavy (non-hydrogen) atoms. The lowest BCUT2D eigenvalue weighted by molar-refractivity contribution is -0.158. The summed E-state index contributed by atoms with van der Waals surface area (Å²) in [4.78, 5) is 18.2. The molecular weight excluding hydrogens is 421 g/mol. The van der Waals surface area contributed by atoms with Crippen LogP contribution in [0.3, 0.4) is 0 Å². The van der Waals surface area contributed by atoms with Gasteiger partial charge in [-0.2, -0.15) is 5.10 Å². The number of ether oxygens (including phenoxy) is 1. The van der Waals surface area contributed by atoms with Gasteiger partial charge in [0.15, 0.2) is 5.82 Å². The summed E-state index contributed by atoms with van der Waals surface area (Å²) in [5, 5.41) is 5.31. The number of esters is 1. The van der Waals surface area contributed by atoms with Crippen LogP contribution in [0.15, 0.2) is 65.8 Å². The summed E-state index contributed by atoms with van der Waals surface area (Å²) in [5.41, 5.74) is 1.64. The van der Waals surface area contributed by atoms with Gasteiger partial charge in [-0.3, -0.25) is 4.79 Å². The fourth-order valence-electron chi connectivity index (χ4n) is 3.58. The molecule has 1 aliphatic rings. The van der Waals surface area contributed by atoms with Gasteiger partial charge in [0.25, 0.3) is 0 Å². The van der Waals surface area contributed by atoms with Crippen molar-refractivity contribution in [2.45, 2.75) is 32.4 Å². The van der Waals surface area contributed by atoms with Crippen LogP contribution in [0, 0.1) is 5.92 Å². The van der Waals surface area contributed by atoms with Gasteiger partial charge in [-0.05, 0) is 44.0 Å². The predicted octanol–water partition coefficient (Wildman–Crippen LogP) is 5.87. The number of hydrogen-bond donors (Lipinski definition) is 0. The number of fused-ring (bicyclic) bond motifs is 1. The lowest BCUT2D eigenvalue weighted by atomic mass is 9.84. The van der Waals surface area contributed by atoms with Gasteiger partial charge in [0.1, 0.15) is 11.5 Å². The molecule has 1 aromatic heterocycles. The fourth-order valence-corrected chi connectivity index (χ4v) is 3.89. The van der Waals surface area contributed by atoms with Crippen molar-refractivity contribution in [2.75, 3.05) is 0 Å². The first kappa shape index (κ1) is 20.6. The van der Waals surface area contributed by atoms with E-state index in [-0.39, 0.29) is 5.97 Å². The van der Waals surface area contributed by atoms with Crippen LogP contribution in [0.5, 0.6) is 0 Å². The maximum Gasteiger partial charge on any atom is 0.318 e. The molecule has 4 rings (SSSR count). The number of halogens is 2. The number of aromatic nitrogens is 2. The Bertz CT molecular complexity index is 1120. The molecule has 2 aromatic carbocycles. The first-order valence-electron chi connectivity index (χ1n) is 9.60. The van der Waals surface area contributed by atoms with E-state index in [9.17, 15) is 4.79 Å². The van der Waals surface area contributed by atoms with Gasteiger partial charge >= 0.3 is 5.97 Å². The molecule has 0 bridgehead atoms. The van der Waals surface area contributed by atoms with Gasteiger partial charge in [-0.25, -0.2) is 9.67 Å². The SMILES string of the molecule is CC(C)(C)OC(=O)C1C(c2ccccc2)=Nc2ccnn2C1c1ccc(Cl)c(Cl)c1. The smallest absolute Gasteiger partial charge is 0.318 e. The van der Waals surface area contributed by atoms with Crippen molar-refractivity contribution in [3.05, 3.63) is 82.0 Å². The first-order chi connectivity index (χ1) is 14.2. The Kier molecular flexibility index (Phi) is 5.43. The third-order valence-corrected chi connectivity index (χ3v) is 5.51. The van der Waals surface area contributed by atoms with E-state index in [0.717, 1.165) is 11.1 Å². The van der Waals surface area contributed by atoms with Crippen LogP contribution in [0.1, 0.15) is 37.9 Å². The average Bonchev–Trinajstić information content (AvgIpc) is 3.16. The quantitative estimate of drug-likeness (QED) is 0.477. The zero-order chi connectivity index (χ0) is 21.5. The van der Waals surface area contributed by atoms with Crippen molar-refractivity contribution in [1.29, 1.82) is 0 Å². The summed E-state index contributed by atoms with van der Waals surface area (Å²) >= 11 is 12.5. The third-order valence-electron chi connectivity index (χ3n) is 4.77. The fraction of sp³-hybridized carbons (Fsp3) is 0.261. The van der Waals surface area contributed by atoms with Gasteiger partial charge in [-0.1, -0.05) is 59.6 Å². The van der Waals surface area contributed by atoms with E-state index in [1.54, 1.807) is 23.0 Å². The van der Waals surface area contributed by atoms with E-state index in [4.69, 9.17) is 32.9 Å². The highest BCUT2D eigenvalue weighted by Crippen LogP contribution is 2.40. The summed E-state index contributed by atoms with van der Waals surface area (Å²) in [6.07, 6.45) is 1.67. The Morgan fingerprint density at radius 3 is 2.43 bits per heavy atom. The Hall–Kier alpha value is -2.63. The van der Waals surface area contributed by atoms with E-state index in [1.807, 2.05) is 63.2 Å². The highest BCUT2D eigenvalue weighted by Gasteiger charge is 2.42. The van der Waals surface area contributed by atoms with Crippen LogP contribution in [0.4, 0.5) is 5.82 Å². The molecule has 0 spiro atoms. The molecule has 2 atom stereocenters. The number of rotatable bonds is 3. The molecule has 0 fully saturated rings. The van der Waals surface area contributed by atoms with E-state index < -0.39 is 17.6 Å². The maximum atomic E-state index is 13.5. The van der Waals surface area contributed by atoms with Gasteiger partial charge in [-0.15, -0.1) is 0 Å². The van der Waals surface area contributed by atoms with Gasteiger partial charge in [0.2, 0.25) is 0 Å². The Balaban J connectivity index is 1.92. The van der Waals surface area contributed by atoms with Gasteiger partial charge in [0, 0.05) is 6.07 Å². The second-order valence-corrected chi connectivity index (χ2v) is 8.94. The summed E-state index contributed by atoms with van der Waals surface area (Å²) in [6, 6.07) is 16.3. The molecule has 3 aromatic rings. The molecule has 0 saturated carbocycles. The highest BCUT2D eigenvalue weighted by molar-refractivity contribution is 6.42. The summed E-state index contributed by atoms with van der Waals surface area (Å²) in [5.74, 6) is -0.427. The monoisotopic (exact) mass is 441 g/mol. The number of aliphatic imine (C=N–C) groups is 1. The summed E-state index contributed by atoms with van der Waals surface area (Å²) in [7, 11) is 0. The van der Waals surface area contributed by atoms with Crippen LogP contribution in [0.2, 0.25) is 10.0 Å². The molecule has 1 aliphatic heterocycles. The Morgan fingerprint density at radius 2 is 1.77 bits per heavy atom. The van der Waals surface area contributed by atoms with E-state index in [0.29, 0.717) is 21.6 Å². The van der Waals surface area contributed by atoms with Crippen LogP contribution in [-0.2, 0) is 9.53 Å². The molecule has 0 aliphatic carbocycles. The number of carbonyl (C=O) groups is 1. The molecule has 0 amide bonds. The molecule has 0 saturated heterocycles. The van der Waals surface area contributed by atoms with Crippen molar-refractivity contribution in [1.82, 2.24) is 9.78 Å². The topological polar surface area (TPSA) is 56.5 Å². The lowest BCUT2D eigenvalue weighted by Crippen LogP contribution is -2.41. The first-order valence-corrected chi connectivity index (χ1v) is 10.4. The average molecular weight is 442 g/mol. The number of benzene rings is 2. The molecule has 0 N–H and O–H groups in total. The van der Waals surface area contributed by atoms with Gasteiger partial charge < -0.3 is 4.74 Å². The van der Waals surface area contributed by atoms with Crippen molar-refractivity contribution < 1.29 is 9.53 Å². The molecular formula is C23H21Cl2N3O2. The predicted molar refractivity (Wildman–Crippen MR) is 119 cm³/mol. The summed E-state index contributed by atoms with van der Waals surface area (Å²) in [6.45, 7) is 5.54. The van der Waals surface area contributed by atoms with Crippen molar-refractivity contribution in [2.24, 2.45) is 10.9 Å². The van der Waals surface area contributed by atoms with Crippen molar-refractivity contribution in [3.8, 4) is 0 Å². The van der Waals surface area contributed by atoms with Crippen molar-refractivity contribution >= 4 is 40.7 Å². The lowest BCUT2D eigenvalue weighted by Gasteiger charge is -2.34. The second-order valence-electron chi connectivity index (χ2n) is 8.13. The highest BCUT2D eigenvalue weighted by atomic mass is 35.5.